The van der Waals surface area contributed by atoms with E-state index in [1.807, 2.05) is 18.2 Å². The van der Waals surface area contributed by atoms with Crippen molar-refractivity contribution >= 4 is 21.9 Å². The summed E-state index contributed by atoms with van der Waals surface area (Å²) in [7, 11) is 0. The van der Waals surface area contributed by atoms with Crippen LogP contribution in [0.5, 0.6) is 11.5 Å². The van der Waals surface area contributed by atoms with Crippen LogP contribution < -0.4 is 4.74 Å². The van der Waals surface area contributed by atoms with Crippen molar-refractivity contribution in [3.8, 4) is 44.9 Å². The molecule has 2 heterocycles. The van der Waals surface area contributed by atoms with Crippen molar-refractivity contribution in [2.24, 2.45) is 0 Å². The smallest absolute Gasteiger partial charge is 0.135 e. The van der Waals surface area contributed by atoms with E-state index < -0.39 is 0 Å². The Morgan fingerprint density at radius 1 is 0.415 bits per heavy atom. The van der Waals surface area contributed by atoms with E-state index in [4.69, 9.17) is 9.15 Å². The predicted molar refractivity (Wildman–Crippen MR) is 169 cm³/mol. The van der Waals surface area contributed by atoms with Crippen LogP contribution in [0, 0.1) is 0 Å². The summed E-state index contributed by atoms with van der Waals surface area (Å²) in [5.41, 5.74) is 11.1. The number of hydrogen-bond acceptors (Lipinski definition) is 2. The summed E-state index contributed by atoms with van der Waals surface area (Å²) in [6.45, 7) is 4.55. The summed E-state index contributed by atoms with van der Waals surface area (Å²) in [6.07, 6.45) is 0. The van der Waals surface area contributed by atoms with E-state index in [0.29, 0.717) is 0 Å². The van der Waals surface area contributed by atoms with E-state index in [1.165, 1.54) is 22.3 Å². The van der Waals surface area contributed by atoms with Crippen LogP contribution >= 0.6 is 0 Å². The first-order valence-corrected chi connectivity index (χ1v) is 14.1. The van der Waals surface area contributed by atoms with Gasteiger partial charge >= 0.3 is 0 Å². The van der Waals surface area contributed by atoms with Gasteiger partial charge in [0.15, 0.2) is 0 Å². The third-order valence-corrected chi connectivity index (χ3v) is 8.52. The van der Waals surface area contributed by atoms with Gasteiger partial charge < -0.3 is 9.15 Å². The summed E-state index contributed by atoms with van der Waals surface area (Å²) in [5.74, 6) is 1.85. The number of rotatable bonds is 3. The van der Waals surface area contributed by atoms with Gasteiger partial charge in [0.1, 0.15) is 22.7 Å². The van der Waals surface area contributed by atoms with E-state index >= 15 is 0 Å². The van der Waals surface area contributed by atoms with Gasteiger partial charge in [0, 0.05) is 27.3 Å². The summed E-state index contributed by atoms with van der Waals surface area (Å²) in [6, 6.07) is 47.2. The molecule has 7 aromatic rings. The molecule has 196 valence electrons. The maximum Gasteiger partial charge on any atom is 0.135 e. The van der Waals surface area contributed by atoms with Gasteiger partial charge in [-0.2, -0.15) is 0 Å². The number of benzene rings is 6. The summed E-state index contributed by atoms with van der Waals surface area (Å²) < 4.78 is 12.6. The molecule has 41 heavy (non-hydrogen) atoms. The lowest BCUT2D eigenvalue weighted by Gasteiger charge is -2.34. The Kier molecular flexibility index (Phi) is 5.20. The molecule has 0 saturated heterocycles. The average molecular weight is 529 g/mol. The molecule has 0 unspecified atom stereocenters. The topological polar surface area (TPSA) is 22.4 Å². The summed E-state index contributed by atoms with van der Waals surface area (Å²) in [4.78, 5) is 0. The van der Waals surface area contributed by atoms with Gasteiger partial charge in [0.25, 0.3) is 0 Å². The Morgan fingerprint density at radius 3 is 1.85 bits per heavy atom. The normalized spacial score (nSPS) is 13.5. The summed E-state index contributed by atoms with van der Waals surface area (Å²) >= 11 is 0. The standard InChI is InChI=1S/C39H28O2/c1-39(2)33-13-7-9-15-37(33)41-38-24-27(16-18-34(38)39)30-21-28(25-10-4-3-5-11-25)20-29(22-30)26-17-19-36-32(23-26)31-12-6-8-14-35(31)40-36/h3-24H,1-2H3. The molecule has 0 atom stereocenters. The number of hydrogen-bond donors (Lipinski definition) is 0. The molecule has 1 aliphatic heterocycles. The highest BCUT2D eigenvalue weighted by molar-refractivity contribution is 6.06. The van der Waals surface area contributed by atoms with Crippen LogP contribution in [0.25, 0.3) is 55.3 Å². The van der Waals surface area contributed by atoms with Crippen LogP contribution in [0.1, 0.15) is 25.0 Å². The average Bonchev–Trinajstić information content (AvgIpc) is 3.39. The molecule has 6 aromatic carbocycles. The van der Waals surface area contributed by atoms with Gasteiger partial charge in [-0.15, -0.1) is 0 Å². The van der Waals surface area contributed by atoms with E-state index in [2.05, 4.69) is 129 Å². The Labute approximate surface area is 239 Å². The highest BCUT2D eigenvalue weighted by Gasteiger charge is 2.34. The van der Waals surface area contributed by atoms with E-state index in [1.54, 1.807) is 0 Å². The molecule has 0 N–H and O–H groups in total. The minimum Gasteiger partial charge on any atom is -0.457 e. The van der Waals surface area contributed by atoms with Gasteiger partial charge in [-0.05, 0) is 81.9 Å². The molecule has 1 aliphatic rings. The lowest BCUT2D eigenvalue weighted by Crippen LogP contribution is -2.24. The number of furan rings is 1. The van der Waals surface area contributed by atoms with Crippen LogP contribution in [0.2, 0.25) is 0 Å². The van der Waals surface area contributed by atoms with Crippen molar-refractivity contribution in [3.63, 3.8) is 0 Å². The highest BCUT2D eigenvalue weighted by atomic mass is 16.5. The van der Waals surface area contributed by atoms with Crippen molar-refractivity contribution < 1.29 is 9.15 Å². The van der Waals surface area contributed by atoms with E-state index in [9.17, 15) is 0 Å². The molecule has 8 rings (SSSR count). The van der Waals surface area contributed by atoms with Gasteiger partial charge in [-0.25, -0.2) is 0 Å². The first kappa shape index (κ1) is 23.8. The molecular formula is C39H28O2. The van der Waals surface area contributed by atoms with Crippen LogP contribution in [-0.4, -0.2) is 0 Å². The zero-order valence-electron chi connectivity index (χ0n) is 23.0. The van der Waals surface area contributed by atoms with Crippen molar-refractivity contribution in [1.82, 2.24) is 0 Å². The second-order valence-corrected chi connectivity index (χ2v) is 11.4. The molecule has 0 bridgehead atoms. The van der Waals surface area contributed by atoms with Crippen LogP contribution in [0.3, 0.4) is 0 Å². The molecule has 2 nitrogen and oxygen atoms in total. The first-order valence-electron chi connectivity index (χ1n) is 14.1. The highest BCUT2D eigenvalue weighted by Crippen LogP contribution is 2.49. The van der Waals surface area contributed by atoms with Crippen LogP contribution in [0.15, 0.2) is 138 Å². The number of fused-ring (bicyclic) bond motifs is 5. The summed E-state index contributed by atoms with van der Waals surface area (Å²) in [5, 5.41) is 2.27. The fourth-order valence-electron chi connectivity index (χ4n) is 6.30. The quantitative estimate of drug-likeness (QED) is 0.228. The van der Waals surface area contributed by atoms with Gasteiger partial charge in [0.2, 0.25) is 0 Å². The molecular weight excluding hydrogens is 500 g/mol. The van der Waals surface area contributed by atoms with Gasteiger partial charge in [-0.1, -0.05) is 98.8 Å². The minimum atomic E-state index is -0.136. The molecule has 0 saturated carbocycles. The number of ether oxygens (including phenoxy) is 1. The third-order valence-electron chi connectivity index (χ3n) is 8.52. The van der Waals surface area contributed by atoms with Crippen LogP contribution in [-0.2, 0) is 5.41 Å². The zero-order valence-corrected chi connectivity index (χ0v) is 23.0. The van der Waals surface area contributed by atoms with E-state index in [-0.39, 0.29) is 5.41 Å². The predicted octanol–water partition coefficient (Wildman–Crippen LogP) is 11.0. The maximum atomic E-state index is 6.47. The Balaban J connectivity index is 1.30. The Morgan fingerprint density at radius 2 is 1.02 bits per heavy atom. The first-order chi connectivity index (χ1) is 20.0. The minimum absolute atomic E-state index is 0.136. The molecule has 0 aliphatic carbocycles. The fourth-order valence-corrected chi connectivity index (χ4v) is 6.30. The van der Waals surface area contributed by atoms with E-state index in [0.717, 1.165) is 55.7 Å². The number of para-hydroxylation sites is 2. The monoisotopic (exact) mass is 528 g/mol. The van der Waals surface area contributed by atoms with Gasteiger partial charge in [0.05, 0.1) is 0 Å². The second-order valence-electron chi connectivity index (χ2n) is 11.4. The SMILES string of the molecule is CC1(C)c2ccccc2Oc2cc(-c3cc(-c4ccccc4)cc(-c4ccc5oc6ccccc6c5c4)c3)ccc21. The molecule has 0 radical (unpaired) electrons. The Hall–Kier alpha value is -5.08. The van der Waals surface area contributed by atoms with Gasteiger partial charge in [-0.3, -0.25) is 0 Å². The molecule has 1 aromatic heterocycles. The lowest BCUT2D eigenvalue weighted by atomic mass is 9.75. The molecule has 0 amide bonds. The van der Waals surface area contributed by atoms with Crippen molar-refractivity contribution in [2.45, 2.75) is 19.3 Å². The van der Waals surface area contributed by atoms with Crippen molar-refractivity contribution in [1.29, 1.82) is 0 Å². The molecule has 0 spiro atoms. The Bertz CT molecular complexity index is 2100. The maximum absolute atomic E-state index is 6.47. The van der Waals surface area contributed by atoms with Crippen molar-refractivity contribution in [2.75, 3.05) is 0 Å². The van der Waals surface area contributed by atoms with Crippen molar-refractivity contribution in [3.05, 3.63) is 145 Å². The lowest BCUT2D eigenvalue weighted by molar-refractivity contribution is 0.418. The van der Waals surface area contributed by atoms with Crippen LogP contribution in [0.4, 0.5) is 0 Å². The zero-order chi connectivity index (χ0) is 27.6. The fraction of sp³-hybridized carbons (Fsp3) is 0.0769. The largest absolute Gasteiger partial charge is 0.457 e. The third kappa shape index (κ3) is 3.87. The second kappa shape index (κ2) is 8.97. The molecule has 2 heteroatoms. The molecule has 0 fully saturated rings.